The number of hydrogen-bond donors (Lipinski definition) is 2. The van der Waals surface area contributed by atoms with Crippen molar-refractivity contribution in [2.24, 2.45) is 5.92 Å². The second-order valence-corrected chi connectivity index (χ2v) is 10.5. The van der Waals surface area contributed by atoms with Gasteiger partial charge in [0.05, 0.1) is 19.1 Å². The predicted molar refractivity (Wildman–Crippen MR) is 135 cm³/mol. The van der Waals surface area contributed by atoms with Crippen LogP contribution >= 0.6 is 0 Å². The lowest BCUT2D eigenvalue weighted by Crippen LogP contribution is -2.44. The Morgan fingerprint density at radius 1 is 1.06 bits per heavy atom. The summed E-state index contributed by atoms with van der Waals surface area (Å²) >= 11 is 0. The van der Waals surface area contributed by atoms with Crippen LogP contribution in [0.25, 0.3) is 0 Å². The third-order valence-corrected chi connectivity index (χ3v) is 7.30. The standard InChI is InChI=1S/C25H33N3O6S/c1-6-24(29)28-12-11-17-14-19(8-9-21(17)28)35(31,32)27-20(13-16(2)3)25(30)26-18-7-10-22(33-4)23(15-18)34-5/h7-10,14-16,20,27H,6,11-13H2,1-5H3,(H,26,30). The minimum atomic E-state index is -3.99. The van der Waals surface area contributed by atoms with E-state index in [-0.39, 0.29) is 16.7 Å². The molecule has 0 spiro atoms. The molecule has 190 valence electrons. The number of anilines is 2. The summed E-state index contributed by atoms with van der Waals surface area (Å²) in [5.41, 5.74) is 1.99. The van der Waals surface area contributed by atoms with Crippen LogP contribution < -0.4 is 24.4 Å². The summed E-state index contributed by atoms with van der Waals surface area (Å²) in [4.78, 5) is 27.0. The van der Waals surface area contributed by atoms with Gasteiger partial charge in [0, 0.05) is 30.4 Å². The molecule has 1 unspecified atom stereocenters. The summed E-state index contributed by atoms with van der Waals surface area (Å²) in [6.07, 6.45) is 1.27. The first-order valence-corrected chi connectivity index (χ1v) is 13.1. The topological polar surface area (TPSA) is 114 Å². The number of amides is 2. The zero-order valence-corrected chi connectivity index (χ0v) is 21.6. The van der Waals surface area contributed by atoms with Crippen molar-refractivity contribution in [3.8, 4) is 11.5 Å². The van der Waals surface area contributed by atoms with Crippen molar-refractivity contribution in [3.63, 3.8) is 0 Å². The molecule has 2 aromatic carbocycles. The maximum absolute atomic E-state index is 13.2. The van der Waals surface area contributed by atoms with Crippen molar-refractivity contribution in [1.82, 2.24) is 4.72 Å². The monoisotopic (exact) mass is 503 g/mol. The molecule has 0 radical (unpaired) electrons. The van der Waals surface area contributed by atoms with E-state index in [4.69, 9.17) is 9.47 Å². The Labute approximate surface area is 206 Å². The van der Waals surface area contributed by atoms with Gasteiger partial charge in [-0.25, -0.2) is 8.42 Å². The van der Waals surface area contributed by atoms with Crippen molar-refractivity contribution in [3.05, 3.63) is 42.0 Å². The van der Waals surface area contributed by atoms with Gasteiger partial charge in [-0.1, -0.05) is 20.8 Å². The molecule has 2 N–H and O–H groups in total. The van der Waals surface area contributed by atoms with Gasteiger partial charge < -0.3 is 19.7 Å². The molecule has 1 aliphatic rings. The number of carbonyl (C=O) groups is 2. The second kappa shape index (κ2) is 11.1. The van der Waals surface area contributed by atoms with Crippen LogP contribution in [0, 0.1) is 5.92 Å². The lowest BCUT2D eigenvalue weighted by molar-refractivity contribution is -0.118. The lowest BCUT2D eigenvalue weighted by atomic mass is 10.0. The largest absolute Gasteiger partial charge is 0.493 e. The van der Waals surface area contributed by atoms with Gasteiger partial charge >= 0.3 is 0 Å². The average Bonchev–Trinajstić information content (AvgIpc) is 3.26. The van der Waals surface area contributed by atoms with E-state index < -0.39 is 22.0 Å². The van der Waals surface area contributed by atoms with E-state index in [0.717, 1.165) is 11.3 Å². The SMILES string of the molecule is CCC(=O)N1CCc2cc(S(=O)(=O)NC(CC(C)C)C(=O)Nc3ccc(OC)c(OC)c3)ccc21. The number of hydrogen-bond acceptors (Lipinski definition) is 6. The first-order valence-electron chi connectivity index (χ1n) is 11.6. The van der Waals surface area contributed by atoms with Crippen LogP contribution in [0.5, 0.6) is 11.5 Å². The first kappa shape index (κ1) is 26.5. The first-order chi connectivity index (χ1) is 16.6. The van der Waals surface area contributed by atoms with E-state index in [0.29, 0.717) is 43.0 Å². The summed E-state index contributed by atoms with van der Waals surface area (Å²) in [7, 11) is -0.981. The fourth-order valence-electron chi connectivity index (χ4n) is 4.07. The zero-order chi connectivity index (χ0) is 25.8. The second-order valence-electron chi connectivity index (χ2n) is 8.80. The number of carbonyl (C=O) groups excluding carboxylic acids is 2. The smallest absolute Gasteiger partial charge is 0.242 e. The van der Waals surface area contributed by atoms with E-state index in [9.17, 15) is 18.0 Å². The number of sulfonamides is 1. The summed E-state index contributed by atoms with van der Waals surface area (Å²) in [6, 6.07) is 8.66. The van der Waals surface area contributed by atoms with Crippen molar-refractivity contribution >= 4 is 33.2 Å². The number of fused-ring (bicyclic) bond motifs is 1. The van der Waals surface area contributed by atoms with Crippen LogP contribution in [-0.4, -0.2) is 47.0 Å². The Kier molecular flexibility index (Phi) is 8.39. The Balaban J connectivity index is 1.81. The van der Waals surface area contributed by atoms with Crippen LogP contribution in [0.4, 0.5) is 11.4 Å². The number of nitrogens with zero attached hydrogens (tertiary/aromatic N) is 1. The summed E-state index contributed by atoms with van der Waals surface area (Å²) in [5, 5.41) is 2.77. The van der Waals surface area contributed by atoms with Gasteiger partial charge in [-0.2, -0.15) is 4.72 Å². The van der Waals surface area contributed by atoms with E-state index in [1.807, 2.05) is 13.8 Å². The van der Waals surface area contributed by atoms with Gasteiger partial charge in [-0.15, -0.1) is 0 Å². The molecule has 0 fully saturated rings. The Morgan fingerprint density at radius 3 is 2.40 bits per heavy atom. The normalized spacial score (nSPS) is 13.9. The molecule has 10 heteroatoms. The van der Waals surface area contributed by atoms with Gasteiger partial charge in [0.2, 0.25) is 21.8 Å². The maximum Gasteiger partial charge on any atom is 0.242 e. The molecule has 35 heavy (non-hydrogen) atoms. The number of ether oxygens (including phenoxy) is 2. The van der Waals surface area contributed by atoms with Crippen molar-refractivity contribution in [2.45, 2.75) is 51.0 Å². The molecule has 1 heterocycles. The molecule has 2 amide bonds. The molecular formula is C25H33N3O6S. The van der Waals surface area contributed by atoms with Gasteiger partial charge in [-0.3, -0.25) is 9.59 Å². The van der Waals surface area contributed by atoms with E-state index >= 15 is 0 Å². The highest BCUT2D eigenvalue weighted by molar-refractivity contribution is 7.89. The Bertz CT molecular complexity index is 1200. The molecule has 0 saturated carbocycles. The lowest BCUT2D eigenvalue weighted by Gasteiger charge is -2.21. The molecule has 0 aromatic heterocycles. The number of rotatable bonds is 10. The van der Waals surface area contributed by atoms with Crippen LogP contribution in [0.1, 0.15) is 39.2 Å². The number of benzene rings is 2. The third kappa shape index (κ3) is 6.12. The highest BCUT2D eigenvalue weighted by Crippen LogP contribution is 2.32. The Hall–Kier alpha value is -3.11. The minimum Gasteiger partial charge on any atom is -0.493 e. The highest BCUT2D eigenvalue weighted by Gasteiger charge is 2.29. The molecule has 3 rings (SSSR count). The minimum absolute atomic E-state index is 0.00122. The number of nitrogens with one attached hydrogen (secondary N) is 2. The molecule has 0 aliphatic carbocycles. The average molecular weight is 504 g/mol. The fraction of sp³-hybridized carbons (Fsp3) is 0.440. The van der Waals surface area contributed by atoms with Gasteiger partial charge in [-0.05, 0) is 54.7 Å². The predicted octanol–water partition coefficient (Wildman–Crippen LogP) is 3.33. The van der Waals surface area contributed by atoms with Gasteiger partial charge in [0.25, 0.3) is 0 Å². The number of methoxy groups -OCH3 is 2. The van der Waals surface area contributed by atoms with Gasteiger partial charge in [0.15, 0.2) is 11.5 Å². The van der Waals surface area contributed by atoms with Crippen LogP contribution in [-0.2, 0) is 26.0 Å². The fourth-order valence-corrected chi connectivity index (χ4v) is 5.33. The summed E-state index contributed by atoms with van der Waals surface area (Å²) < 4.78 is 39.5. The van der Waals surface area contributed by atoms with Crippen LogP contribution in [0.3, 0.4) is 0 Å². The van der Waals surface area contributed by atoms with Gasteiger partial charge in [0.1, 0.15) is 6.04 Å². The van der Waals surface area contributed by atoms with Crippen molar-refractivity contribution in [2.75, 3.05) is 31.0 Å². The summed E-state index contributed by atoms with van der Waals surface area (Å²) in [5.74, 6) is 0.546. The molecule has 1 aliphatic heterocycles. The molecule has 0 bridgehead atoms. The van der Waals surface area contributed by atoms with Crippen molar-refractivity contribution < 1.29 is 27.5 Å². The van der Waals surface area contributed by atoms with E-state index in [1.165, 1.54) is 20.3 Å². The van der Waals surface area contributed by atoms with E-state index in [2.05, 4.69) is 10.0 Å². The molecule has 2 aromatic rings. The highest BCUT2D eigenvalue weighted by atomic mass is 32.2. The Morgan fingerprint density at radius 2 is 1.77 bits per heavy atom. The summed E-state index contributed by atoms with van der Waals surface area (Å²) in [6.45, 7) is 6.16. The molecule has 0 saturated heterocycles. The van der Waals surface area contributed by atoms with E-state index in [1.54, 1.807) is 42.2 Å². The molecule has 9 nitrogen and oxygen atoms in total. The van der Waals surface area contributed by atoms with Crippen LogP contribution in [0.15, 0.2) is 41.3 Å². The zero-order valence-electron chi connectivity index (χ0n) is 20.8. The third-order valence-electron chi connectivity index (χ3n) is 5.83. The maximum atomic E-state index is 13.2. The van der Waals surface area contributed by atoms with Crippen LogP contribution in [0.2, 0.25) is 0 Å². The quantitative estimate of drug-likeness (QED) is 0.514. The molecule has 1 atom stereocenters. The molecular weight excluding hydrogens is 470 g/mol. The van der Waals surface area contributed by atoms with Crippen molar-refractivity contribution in [1.29, 1.82) is 0 Å².